The molecule has 1 aromatic carbocycles. The average Bonchev–Trinajstić information content (AvgIpc) is 2.92. The molecule has 2 aromatic rings. The Morgan fingerprint density at radius 3 is 3.00 bits per heavy atom. The second-order valence-electron chi connectivity index (χ2n) is 6.13. The molecular weight excluding hydrogens is 290 g/mol. The fourth-order valence-corrected chi connectivity index (χ4v) is 3.47. The number of nitrogens with zero attached hydrogens (tertiary/aromatic N) is 2. The Morgan fingerprint density at radius 2 is 2.17 bits per heavy atom. The molecule has 2 aliphatic heterocycles. The van der Waals surface area contributed by atoms with Crippen LogP contribution in [0.2, 0.25) is 0 Å². The van der Waals surface area contributed by atoms with Crippen LogP contribution in [-0.2, 0) is 13.0 Å². The Labute approximate surface area is 135 Å². The molecule has 120 valence electrons. The maximum absolute atomic E-state index is 10.9. The molecule has 6 heteroatoms. The largest absolute Gasteiger partial charge is 0.493 e. The van der Waals surface area contributed by atoms with Gasteiger partial charge in [0.1, 0.15) is 5.82 Å². The van der Waals surface area contributed by atoms with Crippen LogP contribution < -0.4 is 16.4 Å². The van der Waals surface area contributed by atoms with Crippen molar-refractivity contribution in [1.82, 2.24) is 15.1 Å². The maximum atomic E-state index is 10.9. The first kappa shape index (κ1) is 14.1. The van der Waals surface area contributed by atoms with Crippen molar-refractivity contribution in [2.24, 2.45) is 0 Å². The highest BCUT2D eigenvalue weighted by Crippen LogP contribution is 2.36. The number of nitrogen functional groups attached to an aromatic ring is 1. The first-order chi connectivity index (χ1) is 11.2. The van der Waals surface area contributed by atoms with Gasteiger partial charge in [-0.2, -0.15) is 9.78 Å². The molecule has 4 rings (SSSR count). The van der Waals surface area contributed by atoms with Crippen molar-refractivity contribution in [3.05, 3.63) is 40.6 Å². The predicted molar refractivity (Wildman–Crippen MR) is 92.1 cm³/mol. The summed E-state index contributed by atoms with van der Waals surface area (Å²) in [6.07, 6.45) is 1.59. The van der Waals surface area contributed by atoms with E-state index >= 15 is 0 Å². The summed E-state index contributed by atoms with van der Waals surface area (Å²) in [5.74, 6) is 0.699. The lowest BCUT2D eigenvalue weighted by Gasteiger charge is -2.23. The summed E-state index contributed by atoms with van der Waals surface area (Å²) in [7, 11) is 0. The Morgan fingerprint density at radius 1 is 1.30 bits per heavy atom. The van der Waals surface area contributed by atoms with Crippen molar-refractivity contribution in [3.8, 4) is 0 Å². The summed E-state index contributed by atoms with van der Waals surface area (Å²) in [5, 5.41) is 22.1. The molecule has 2 aliphatic rings. The summed E-state index contributed by atoms with van der Waals surface area (Å²) in [5.41, 5.74) is 12.4. The molecule has 5 N–H and O–H groups in total. The number of aliphatic hydroxyl groups is 1. The molecule has 0 unspecified atom stereocenters. The third-order valence-corrected chi connectivity index (χ3v) is 4.70. The van der Waals surface area contributed by atoms with Crippen molar-refractivity contribution >= 4 is 23.0 Å². The molecule has 0 saturated heterocycles. The Bertz CT molecular complexity index is 806. The Kier molecular flexibility index (Phi) is 3.27. The van der Waals surface area contributed by atoms with E-state index in [1.807, 2.05) is 12.1 Å². The van der Waals surface area contributed by atoms with Gasteiger partial charge in [-0.15, -0.1) is 0 Å². The first-order valence-electron chi connectivity index (χ1n) is 8.00. The molecule has 3 heterocycles. The van der Waals surface area contributed by atoms with E-state index in [-0.39, 0.29) is 5.88 Å². The molecule has 0 fully saturated rings. The zero-order valence-electron chi connectivity index (χ0n) is 13.2. The smallest absolute Gasteiger partial charge is 0.217 e. The van der Waals surface area contributed by atoms with Gasteiger partial charge >= 0.3 is 0 Å². The summed E-state index contributed by atoms with van der Waals surface area (Å²) >= 11 is 0. The van der Waals surface area contributed by atoms with Gasteiger partial charge in [-0.05, 0) is 31.9 Å². The number of aryl methyl sites for hydroxylation is 1. The molecule has 1 aromatic heterocycles. The fourth-order valence-electron chi connectivity index (χ4n) is 3.47. The lowest BCUT2D eigenvalue weighted by Crippen LogP contribution is -2.23. The van der Waals surface area contributed by atoms with Crippen LogP contribution in [0.5, 0.6) is 0 Å². The van der Waals surface area contributed by atoms with Gasteiger partial charge in [0.2, 0.25) is 5.88 Å². The van der Waals surface area contributed by atoms with Crippen molar-refractivity contribution in [1.29, 1.82) is 0 Å². The number of anilines is 2. The zero-order valence-corrected chi connectivity index (χ0v) is 13.2. The number of hydrogen-bond donors (Lipinski definition) is 4. The summed E-state index contributed by atoms with van der Waals surface area (Å²) in [6.45, 7) is 4.46. The van der Waals surface area contributed by atoms with Gasteiger partial charge in [0.25, 0.3) is 0 Å². The monoisotopic (exact) mass is 311 g/mol. The zero-order chi connectivity index (χ0) is 16.0. The molecule has 0 saturated carbocycles. The van der Waals surface area contributed by atoms with E-state index in [9.17, 15) is 5.11 Å². The number of hydrogen-bond acceptors (Lipinski definition) is 5. The molecule has 0 amide bonds. The minimum Gasteiger partial charge on any atom is -0.493 e. The number of nitrogens with one attached hydrogen (secondary N) is 2. The van der Waals surface area contributed by atoms with Crippen LogP contribution in [-0.4, -0.2) is 28.0 Å². The molecule has 23 heavy (non-hydrogen) atoms. The second kappa shape index (κ2) is 5.31. The lowest BCUT2D eigenvalue weighted by atomic mass is 9.95. The number of aliphatic hydroxyl groups excluding tert-OH is 1. The van der Waals surface area contributed by atoms with Crippen LogP contribution >= 0.6 is 0 Å². The second-order valence-corrected chi connectivity index (χ2v) is 6.13. The van der Waals surface area contributed by atoms with E-state index in [0.29, 0.717) is 12.4 Å². The highest BCUT2D eigenvalue weighted by molar-refractivity contribution is 5.89. The van der Waals surface area contributed by atoms with E-state index < -0.39 is 0 Å². The first-order valence-corrected chi connectivity index (χ1v) is 8.00. The van der Waals surface area contributed by atoms with E-state index in [2.05, 4.69) is 28.7 Å². The van der Waals surface area contributed by atoms with Gasteiger partial charge in [0.05, 0.1) is 5.69 Å². The van der Waals surface area contributed by atoms with E-state index in [1.165, 1.54) is 10.2 Å². The van der Waals surface area contributed by atoms with Gasteiger partial charge in [-0.1, -0.05) is 18.2 Å². The van der Waals surface area contributed by atoms with Crippen LogP contribution in [0.1, 0.15) is 28.8 Å². The fraction of sp³-hybridized carbons (Fsp3) is 0.353. The molecule has 0 aliphatic carbocycles. The van der Waals surface area contributed by atoms with Crippen molar-refractivity contribution < 1.29 is 5.11 Å². The normalized spacial score (nSPS) is 18.8. The number of rotatable bonds is 1. The minimum atomic E-state index is 0.144. The topological polar surface area (TPSA) is 88.1 Å². The van der Waals surface area contributed by atoms with Gasteiger partial charge in [0.15, 0.2) is 0 Å². The average molecular weight is 311 g/mol. The summed E-state index contributed by atoms with van der Waals surface area (Å²) < 4.78 is 1.50. The minimum absolute atomic E-state index is 0.144. The van der Waals surface area contributed by atoms with E-state index in [0.717, 1.165) is 54.0 Å². The number of benzene rings is 1. The number of para-hydroxylation sites is 1. The van der Waals surface area contributed by atoms with E-state index in [1.54, 1.807) is 0 Å². The molecule has 0 spiro atoms. The van der Waals surface area contributed by atoms with E-state index in [4.69, 9.17) is 5.73 Å². The van der Waals surface area contributed by atoms with Crippen LogP contribution in [0.15, 0.2) is 18.2 Å². The third-order valence-electron chi connectivity index (χ3n) is 4.70. The van der Waals surface area contributed by atoms with Gasteiger partial charge < -0.3 is 21.5 Å². The third kappa shape index (κ3) is 2.17. The number of nitrogens with two attached hydrogens (primary N) is 1. The Balaban J connectivity index is 1.87. The standard InChI is InChI=1S/C17H21N5O/c1-10-3-2-4-11-12(6-8-20-15(10)11)17(23)22-16(18)13-5-7-19-9-14(13)21-22/h2-4,19-20,23H,5-9,18H2,1H3/b17-12-. The molecular formula is C17H21N5O. The SMILES string of the molecule is Cc1cccc2c1NCC/C2=C(/O)n1nc2c(c1N)CCNC2. The van der Waals surface area contributed by atoms with Gasteiger partial charge in [-0.25, -0.2) is 0 Å². The lowest BCUT2D eigenvalue weighted by molar-refractivity contribution is 0.458. The molecule has 6 nitrogen and oxygen atoms in total. The van der Waals surface area contributed by atoms with Crippen LogP contribution in [0.25, 0.3) is 11.5 Å². The Hall–Kier alpha value is -2.47. The number of fused-ring (bicyclic) bond motifs is 2. The number of aromatic nitrogens is 2. The summed E-state index contributed by atoms with van der Waals surface area (Å²) in [4.78, 5) is 0. The molecule has 0 bridgehead atoms. The quantitative estimate of drug-likeness (QED) is 0.606. The van der Waals surface area contributed by atoms with Crippen LogP contribution in [0.4, 0.5) is 11.5 Å². The van der Waals surface area contributed by atoms with Crippen LogP contribution in [0, 0.1) is 6.92 Å². The predicted octanol–water partition coefficient (Wildman–Crippen LogP) is 2.12. The van der Waals surface area contributed by atoms with Gasteiger partial charge in [0, 0.05) is 35.5 Å². The highest BCUT2D eigenvalue weighted by Gasteiger charge is 2.24. The molecule has 0 atom stereocenters. The van der Waals surface area contributed by atoms with Crippen molar-refractivity contribution in [3.63, 3.8) is 0 Å². The highest BCUT2D eigenvalue weighted by atomic mass is 16.3. The van der Waals surface area contributed by atoms with Crippen molar-refractivity contribution in [2.45, 2.75) is 26.3 Å². The molecule has 0 radical (unpaired) electrons. The maximum Gasteiger partial charge on any atom is 0.217 e. The van der Waals surface area contributed by atoms with Crippen molar-refractivity contribution in [2.75, 3.05) is 24.1 Å². The summed E-state index contributed by atoms with van der Waals surface area (Å²) in [6, 6.07) is 6.11. The van der Waals surface area contributed by atoms with Gasteiger partial charge in [-0.3, -0.25) is 0 Å². The van der Waals surface area contributed by atoms with Crippen LogP contribution in [0.3, 0.4) is 0 Å².